The largest absolute Gasteiger partial charge is 0.383 e. The van der Waals surface area contributed by atoms with Crippen molar-refractivity contribution in [2.24, 2.45) is 5.41 Å². The Kier molecular flexibility index (Phi) is 5.04. The number of amides is 1. The fraction of sp³-hybridized carbons (Fsp3) is 0.545. The number of carbonyl (C=O) groups excluding carboxylic acids is 1. The van der Waals surface area contributed by atoms with Crippen LogP contribution in [-0.2, 0) is 9.53 Å². The Bertz CT molecular complexity index is 837. The van der Waals surface area contributed by atoms with Crippen molar-refractivity contribution in [1.82, 2.24) is 9.88 Å². The fourth-order valence-electron chi connectivity index (χ4n) is 4.74. The Labute approximate surface area is 161 Å². The summed E-state index contributed by atoms with van der Waals surface area (Å²) in [6, 6.07) is 10.6. The van der Waals surface area contributed by atoms with Crippen LogP contribution in [0.2, 0.25) is 0 Å². The van der Waals surface area contributed by atoms with E-state index in [9.17, 15) is 4.79 Å². The van der Waals surface area contributed by atoms with Crippen LogP contribution in [0.5, 0.6) is 0 Å². The van der Waals surface area contributed by atoms with E-state index in [0.717, 1.165) is 43.8 Å². The molecule has 0 bridgehead atoms. The summed E-state index contributed by atoms with van der Waals surface area (Å²) in [5, 5.41) is 1.22. The number of fused-ring (bicyclic) bond motifs is 1. The second kappa shape index (κ2) is 7.47. The van der Waals surface area contributed by atoms with Crippen LogP contribution in [0.4, 0.5) is 5.82 Å². The van der Waals surface area contributed by atoms with Crippen LogP contribution in [0.3, 0.4) is 0 Å². The molecule has 0 saturated carbocycles. The summed E-state index contributed by atoms with van der Waals surface area (Å²) < 4.78 is 5.20. The van der Waals surface area contributed by atoms with E-state index in [0.29, 0.717) is 19.6 Å². The van der Waals surface area contributed by atoms with Crippen LogP contribution in [-0.4, -0.2) is 55.7 Å². The van der Waals surface area contributed by atoms with Gasteiger partial charge in [-0.15, -0.1) is 0 Å². The molecule has 2 aliphatic rings. The molecule has 5 nitrogen and oxygen atoms in total. The van der Waals surface area contributed by atoms with E-state index in [1.54, 1.807) is 7.11 Å². The van der Waals surface area contributed by atoms with Crippen molar-refractivity contribution in [2.75, 3.05) is 44.8 Å². The van der Waals surface area contributed by atoms with E-state index in [4.69, 9.17) is 9.72 Å². The predicted octanol–water partition coefficient (Wildman–Crippen LogP) is 3.40. The molecule has 2 saturated heterocycles. The van der Waals surface area contributed by atoms with Crippen molar-refractivity contribution in [3.63, 3.8) is 0 Å². The Morgan fingerprint density at radius 3 is 2.93 bits per heavy atom. The first kappa shape index (κ1) is 18.2. The lowest BCUT2D eigenvalue weighted by Gasteiger charge is -2.48. The second-order valence-electron chi connectivity index (χ2n) is 8.15. The van der Waals surface area contributed by atoms with Gasteiger partial charge in [0.1, 0.15) is 5.82 Å². The van der Waals surface area contributed by atoms with Gasteiger partial charge in [0, 0.05) is 50.5 Å². The molecule has 1 aromatic heterocycles. The van der Waals surface area contributed by atoms with Gasteiger partial charge in [-0.3, -0.25) is 4.79 Å². The molecule has 5 heteroatoms. The molecule has 2 aliphatic heterocycles. The molecule has 1 spiro atoms. The number of ether oxygens (including phenoxy) is 1. The Hall–Kier alpha value is -2.14. The number of carbonyl (C=O) groups is 1. The molecule has 1 amide bonds. The number of hydrogen-bond acceptors (Lipinski definition) is 4. The summed E-state index contributed by atoms with van der Waals surface area (Å²) in [7, 11) is 1.69. The van der Waals surface area contributed by atoms with Crippen molar-refractivity contribution in [1.29, 1.82) is 0 Å². The van der Waals surface area contributed by atoms with Gasteiger partial charge in [-0.05, 0) is 43.9 Å². The van der Waals surface area contributed by atoms with Crippen LogP contribution in [0.25, 0.3) is 10.9 Å². The van der Waals surface area contributed by atoms with Crippen LogP contribution in [0.15, 0.2) is 30.3 Å². The SMILES string of the molecule is COCCN1CC2(CCCN(c3cc(C)c4ccccc4n3)C2)CCC1=O. The molecular weight excluding hydrogens is 338 g/mol. The van der Waals surface area contributed by atoms with Crippen molar-refractivity contribution < 1.29 is 9.53 Å². The maximum absolute atomic E-state index is 12.3. The number of nitrogens with zero attached hydrogens (tertiary/aromatic N) is 3. The highest BCUT2D eigenvalue weighted by Gasteiger charge is 2.41. The van der Waals surface area contributed by atoms with Crippen molar-refractivity contribution in [3.8, 4) is 0 Å². The molecule has 2 aromatic rings. The van der Waals surface area contributed by atoms with Gasteiger partial charge in [-0.1, -0.05) is 18.2 Å². The summed E-state index contributed by atoms with van der Waals surface area (Å²) in [4.78, 5) is 21.7. The van der Waals surface area contributed by atoms with Gasteiger partial charge in [0.2, 0.25) is 5.91 Å². The van der Waals surface area contributed by atoms with Crippen molar-refractivity contribution in [3.05, 3.63) is 35.9 Å². The smallest absolute Gasteiger partial charge is 0.222 e. The average Bonchev–Trinajstić information content (AvgIpc) is 2.69. The number of rotatable bonds is 4. The second-order valence-corrected chi connectivity index (χ2v) is 8.15. The zero-order valence-electron chi connectivity index (χ0n) is 16.4. The van der Waals surface area contributed by atoms with E-state index in [2.05, 4.69) is 42.2 Å². The summed E-state index contributed by atoms with van der Waals surface area (Å²) in [5.41, 5.74) is 2.52. The van der Waals surface area contributed by atoms with Crippen molar-refractivity contribution >= 4 is 22.6 Å². The van der Waals surface area contributed by atoms with Gasteiger partial charge in [-0.2, -0.15) is 0 Å². The van der Waals surface area contributed by atoms with E-state index in [1.807, 2.05) is 4.90 Å². The van der Waals surface area contributed by atoms with Crippen LogP contribution >= 0.6 is 0 Å². The molecule has 1 unspecified atom stereocenters. The molecule has 0 radical (unpaired) electrons. The van der Waals surface area contributed by atoms with E-state index < -0.39 is 0 Å². The Balaban J connectivity index is 1.57. The summed E-state index contributed by atoms with van der Waals surface area (Å²) in [6.45, 7) is 6.34. The first-order valence-corrected chi connectivity index (χ1v) is 9.98. The van der Waals surface area contributed by atoms with E-state index in [1.165, 1.54) is 17.4 Å². The highest BCUT2D eigenvalue weighted by Crippen LogP contribution is 2.40. The molecule has 144 valence electrons. The molecule has 0 N–H and O–H groups in total. The zero-order chi connectivity index (χ0) is 18.9. The number of benzene rings is 1. The van der Waals surface area contributed by atoms with Gasteiger partial charge < -0.3 is 14.5 Å². The monoisotopic (exact) mass is 367 g/mol. The molecule has 1 aromatic carbocycles. The van der Waals surface area contributed by atoms with E-state index >= 15 is 0 Å². The minimum absolute atomic E-state index is 0.182. The van der Waals surface area contributed by atoms with Gasteiger partial charge >= 0.3 is 0 Å². The normalized spacial score (nSPS) is 23.4. The summed E-state index contributed by atoms with van der Waals surface area (Å²) in [5.74, 6) is 1.35. The van der Waals surface area contributed by atoms with Crippen LogP contribution in [0, 0.1) is 12.3 Å². The van der Waals surface area contributed by atoms with Crippen LogP contribution < -0.4 is 4.90 Å². The molecule has 4 rings (SSSR count). The van der Waals surface area contributed by atoms with Gasteiger partial charge in [0.15, 0.2) is 0 Å². The number of para-hydroxylation sites is 1. The lowest BCUT2D eigenvalue weighted by atomic mass is 9.73. The first-order valence-electron chi connectivity index (χ1n) is 9.98. The van der Waals surface area contributed by atoms with Crippen LogP contribution in [0.1, 0.15) is 31.2 Å². The minimum Gasteiger partial charge on any atom is -0.383 e. The standard InChI is InChI=1S/C22H29N3O2/c1-17-14-20(23-19-7-4-3-6-18(17)19)24-11-5-9-22(15-24)10-8-21(26)25(16-22)12-13-27-2/h3-4,6-7,14H,5,8-13,15-16H2,1-2H3. The zero-order valence-corrected chi connectivity index (χ0v) is 16.4. The quantitative estimate of drug-likeness (QED) is 0.831. The molecule has 0 aliphatic carbocycles. The van der Waals surface area contributed by atoms with Gasteiger partial charge in [-0.25, -0.2) is 4.98 Å². The highest BCUT2D eigenvalue weighted by atomic mass is 16.5. The number of anilines is 1. The number of likely N-dealkylation sites (tertiary alicyclic amines) is 1. The third kappa shape index (κ3) is 3.65. The summed E-state index contributed by atoms with van der Waals surface area (Å²) in [6.07, 6.45) is 3.98. The number of methoxy groups -OCH3 is 1. The lowest BCUT2D eigenvalue weighted by Crippen LogP contribution is -2.54. The van der Waals surface area contributed by atoms with Gasteiger partial charge in [0.05, 0.1) is 12.1 Å². The Morgan fingerprint density at radius 2 is 2.07 bits per heavy atom. The third-order valence-electron chi connectivity index (χ3n) is 6.21. The number of piperidine rings is 2. The number of hydrogen-bond donors (Lipinski definition) is 0. The molecule has 27 heavy (non-hydrogen) atoms. The molecule has 2 fully saturated rings. The Morgan fingerprint density at radius 1 is 1.22 bits per heavy atom. The lowest BCUT2D eigenvalue weighted by molar-refractivity contribution is -0.138. The third-order valence-corrected chi connectivity index (χ3v) is 6.21. The average molecular weight is 367 g/mol. The minimum atomic E-state index is 0.182. The maximum Gasteiger partial charge on any atom is 0.222 e. The number of pyridine rings is 1. The number of aromatic nitrogens is 1. The summed E-state index contributed by atoms with van der Waals surface area (Å²) >= 11 is 0. The topological polar surface area (TPSA) is 45.7 Å². The molecule has 1 atom stereocenters. The maximum atomic E-state index is 12.3. The first-order chi connectivity index (χ1) is 13.1. The van der Waals surface area contributed by atoms with Crippen molar-refractivity contribution in [2.45, 2.75) is 32.6 Å². The van der Waals surface area contributed by atoms with E-state index in [-0.39, 0.29) is 11.3 Å². The fourth-order valence-corrected chi connectivity index (χ4v) is 4.74. The highest BCUT2D eigenvalue weighted by molar-refractivity contribution is 5.84. The molecule has 3 heterocycles. The number of aryl methyl sites for hydroxylation is 1. The molecular formula is C22H29N3O2. The predicted molar refractivity (Wildman–Crippen MR) is 108 cm³/mol. The van der Waals surface area contributed by atoms with Gasteiger partial charge in [0.25, 0.3) is 0 Å².